The van der Waals surface area contributed by atoms with Gasteiger partial charge in [-0.15, -0.1) is 0 Å². The van der Waals surface area contributed by atoms with Gasteiger partial charge in [-0.05, 0) is 60.4 Å². The van der Waals surface area contributed by atoms with Crippen molar-refractivity contribution in [3.8, 4) is 0 Å². The summed E-state index contributed by atoms with van der Waals surface area (Å²) < 4.78 is 2.13. The molecule has 0 spiro atoms. The molecule has 2 aliphatic rings. The highest BCUT2D eigenvalue weighted by Gasteiger charge is 2.48. The molecule has 3 heteroatoms. The lowest BCUT2D eigenvalue weighted by Crippen LogP contribution is -2.49. The van der Waals surface area contributed by atoms with Crippen LogP contribution < -0.4 is 0 Å². The molecule has 0 amide bonds. The van der Waals surface area contributed by atoms with Crippen molar-refractivity contribution in [2.24, 2.45) is 7.05 Å². The quantitative estimate of drug-likeness (QED) is 0.770. The summed E-state index contributed by atoms with van der Waals surface area (Å²) in [6.07, 6.45) is 6.18. The summed E-state index contributed by atoms with van der Waals surface area (Å²) in [6.45, 7) is 1.00. The minimum Gasteiger partial charge on any atom is -0.385 e. The van der Waals surface area contributed by atoms with Crippen LogP contribution >= 0.6 is 0 Å². The molecule has 26 heavy (non-hydrogen) atoms. The molecule has 1 aromatic heterocycles. The molecule has 0 aliphatic carbocycles. The van der Waals surface area contributed by atoms with Crippen molar-refractivity contribution in [3.05, 3.63) is 71.9 Å². The Morgan fingerprint density at radius 3 is 2.46 bits per heavy atom. The average molecular weight is 346 g/mol. The van der Waals surface area contributed by atoms with E-state index in [1.54, 1.807) is 0 Å². The number of fused-ring (bicyclic) bond motifs is 3. The Morgan fingerprint density at radius 2 is 1.73 bits per heavy atom. The minimum absolute atomic E-state index is 0.477. The molecular weight excluding hydrogens is 320 g/mol. The fraction of sp³-hybridized carbons (Fsp3) is 0.391. The van der Waals surface area contributed by atoms with Gasteiger partial charge in [-0.25, -0.2) is 0 Å². The lowest BCUT2D eigenvalue weighted by molar-refractivity contribution is -0.0594. The van der Waals surface area contributed by atoms with Gasteiger partial charge in [-0.3, -0.25) is 4.90 Å². The maximum absolute atomic E-state index is 11.5. The van der Waals surface area contributed by atoms with Crippen molar-refractivity contribution in [2.45, 2.75) is 49.9 Å². The molecule has 0 radical (unpaired) electrons. The molecule has 2 atom stereocenters. The van der Waals surface area contributed by atoms with E-state index in [2.05, 4.69) is 77.3 Å². The fourth-order valence-corrected chi connectivity index (χ4v) is 5.18. The van der Waals surface area contributed by atoms with Crippen LogP contribution in [0, 0.1) is 0 Å². The summed E-state index contributed by atoms with van der Waals surface area (Å²) in [5.41, 5.74) is 3.00. The number of aliphatic hydroxyl groups is 1. The van der Waals surface area contributed by atoms with E-state index in [0.717, 1.165) is 24.9 Å². The molecule has 3 aromatic rings. The highest BCUT2D eigenvalue weighted by molar-refractivity contribution is 5.81. The Morgan fingerprint density at radius 1 is 1.00 bits per heavy atom. The molecule has 1 N–H and O–H groups in total. The minimum atomic E-state index is -0.691. The van der Waals surface area contributed by atoms with E-state index in [1.165, 1.54) is 29.3 Å². The molecule has 2 saturated heterocycles. The Hall–Kier alpha value is -2.10. The third-order valence-electron chi connectivity index (χ3n) is 6.55. The van der Waals surface area contributed by atoms with Crippen LogP contribution in [-0.4, -0.2) is 26.7 Å². The summed E-state index contributed by atoms with van der Waals surface area (Å²) in [5.74, 6) is 0. The van der Waals surface area contributed by atoms with Gasteiger partial charge in [0.2, 0.25) is 0 Å². The number of nitrogens with zero attached hydrogens (tertiary/aromatic N) is 2. The molecule has 2 aliphatic heterocycles. The van der Waals surface area contributed by atoms with Crippen LogP contribution in [0.15, 0.2) is 60.8 Å². The zero-order chi connectivity index (χ0) is 17.7. The second-order valence-electron chi connectivity index (χ2n) is 8.18. The molecule has 2 bridgehead atoms. The number of aryl methyl sites for hydroxylation is 1. The average Bonchev–Trinajstić information content (AvgIpc) is 3.13. The topological polar surface area (TPSA) is 28.4 Å². The lowest BCUT2D eigenvalue weighted by Gasteiger charge is -2.44. The van der Waals surface area contributed by atoms with Crippen LogP contribution in [0.2, 0.25) is 0 Å². The van der Waals surface area contributed by atoms with Crippen molar-refractivity contribution in [1.29, 1.82) is 0 Å². The maximum Gasteiger partial charge on any atom is 0.0926 e. The van der Waals surface area contributed by atoms with Crippen molar-refractivity contribution in [2.75, 3.05) is 0 Å². The van der Waals surface area contributed by atoms with E-state index in [0.29, 0.717) is 12.1 Å². The van der Waals surface area contributed by atoms with Crippen LogP contribution in [0.3, 0.4) is 0 Å². The second kappa shape index (κ2) is 5.97. The van der Waals surface area contributed by atoms with E-state index in [4.69, 9.17) is 0 Å². The zero-order valence-corrected chi connectivity index (χ0v) is 15.3. The number of hydrogen-bond donors (Lipinski definition) is 1. The number of benzene rings is 2. The second-order valence-corrected chi connectivity index (χ2v) is 8.18. The van der Waals surface area contributed by atoms with Gasteiger partial charge in [0.25, 0.3) is 0 Å². The molecule has 3 heterocycles. The third-order valence-corrected chi connectivity index (χ3v) is 6.55. The Balaban J connectivity index is 1.41. The molecule has 3 nitrogen and oxygen atoms in total. The van der Waals surface area contributed by atoms with E-state index >= 15 is 0 Å². The van der Waals surface area contributed by atoms with E-state index in [-0.39, 0.29) is 0 Å². The normalized spacial score (nSPS) is 28.7. The first-order chi connectivity index (χ1) is 12.6. The zero-order valence-electron chi connectivity index (χ0n) is 15.3. The molecule has 134 valence electrons. The van der Waals surface area contributed by atoms with Crippen molar-refractivity contribution >= 4 is 10.9 Å². The van der Waals surface area contributed by atoms with Crippen molar-refractivity contribution < 1.29 is 5.11 Å². The monoisotopic (exact) mass is 346 g/mol. The van der Waals surface area contributed by atoms with Gasteiger partial charge >= 0.3 is 0 Å². The van der Waals surface area contributed by atoms with Crippen molar-refractivity contribution in [1.82, 2.24) is 9.47 Å². The van der Waals surface area contributed by atoms with Gasteiger partial charge in [0.1, 0.15) is 0 Å². The highest BCUT2D eigenvalue weighted by Crippen LogP contribution is 2.46. The highest BCUT2D eigenvalue weighted by atomic mass is 16.3. The molecule has 2 fully saturated rings. The van der Waals surface area contributed by atoms with Gasteiger partial charge in [0.05, 0.1) is 5.60 Å². The van der Waals surface area contributed by atoms with Crippen LogP contribution in [-0.2, 0) is 19.2 Å². The smallest absolute Gasteiger partial charge is 0.0926 e. The Bertz CT molecular complexity index is 916. The summed E-state index contributed by atoms with van der Waals surface area (Å²) >= 11 is 0. The molecular formula is C23H26N2O. The van der Waals surface area contributed by atoms with Crippen molar-refractivity contribution in [3.63, 3.8) is 0 Å². The van der Waals surface area contributed by atoms with Gasteiger partial charge in [0, 0.05) is 37.4 Å². The predicted octanol–water partition coefficient (Wildman–Crippen LogP) is 4.19. The van der Waals surface area contributed by atoms with Gasteiger partial charge in [-0.1, -0.05) is 36.4 Å². The lowest BCUT2D eigenvalue weighted by atomic mass is 9.80. The van der Waals surface area contributed by atoms with Gasteiger partial charge in [-0.2, -0.15) is 0 Å². The maximum atomic E-state index is 11.5. The number of rotatable bonds is 3. The molecule has 2 aromatic carbocycles. The summed E-state index contributed by atoms with van der Waals surface area (Å²) in [6, 6.07) is 20.3. The summed E-state index contributed by atoms with van der Waals surface area (Å²) in [4.78, 5) is 2.63. The number of piperidine rings is 1. The molecule has 2 unspecified atom stereocenters. The predicted molar refractivity (Wildman–Crippen MR) is 105 cm³/mol. The van der Waals surface area contributed by atoms with Gasteiger partial charge < -0.3 is 9.67 Å². The summed E-state index contributed by atoms with van der Waals surface area (Å²) in [5, 5.41) is 12.8. The van der Waals surface area contributed by atoms with Gasteiger partial charge in [0.15, 0.2) is 0 Å². The van der Waals surface area contributed by atoms with E-state index in [9.17, 15) is 5.11 Å². The van der Waals surface area contributed by atoms with E-state index < -0.39 is 5.60 Å². The number of aromatic nitrogens is 1. The SMILES string of the molecule is Cn1ccc2cc(C3(O)CC4CCC(C3)N4Cc3ccccc3)ccc21. The largest absolute Gasteiger partial charge is 0.385 e. The first kappa shape index (κ1) is 16.1. The van der Waals surface area contributed by atoms with E-state index in [1.807, 2.05) is 0 Å². The Labute approximate surface area is 154 Å². The number of hydrogen-bond acceptors (Lipinski definition) is 2. The van der Waals surface area contributed by atoms with Crippen LogP contribution in [0.4, 0.5) is 0 Å². The summed E-state index contributed by atoms with van der Waals surface area (Å²) in [7, 11) is 2.07. The molecule has 0 saturated carbocycles. The van der Waals surface area contributed by atoms with Crippen LogP contribution in [0.25, 0.3) is 10.9 Å². The third kappa shape index (κ3) is 2.58. The first-order valence-corrected chi connectivity index (χ1v) is 9.70. The standard InChI is InChI=1S/C23H26N2O/c1-24-12-11-18-13-19(7-10-22(18)24)23(26)14-20-8-9-21(15-23)25(20)16-17-5-3-2-4-6-17/h2-7,10-13,20-21,26H,8-9,14-16H2,1H3. The molecule has 5 rings (SSSR count). The fourth-order valence-electron chi connectivity index (χ4n) is 5.18. The van der Waals surface area contributed by atoms with Crippen LogP contribution in [0.5, 0.6) is 0 Å². The first-order valence-electron chi connectivity index (χ1n) is 9.70. The van der Waals surface area contributed by atoms with Crippen LogP contribution in [0.1, 0.15) is 36.8 Å². The Kier molecular flexibility index (Phi) is 3.70.